The third-order valence-electron chi connectivity index (χ3n) is 6.05. The van der Waals surface area contributed by atoms with E-state index in [0.29, 0.717) is 40.9 Å². The van der Waals surface area contributed by atoms with Gasteiger partial charge in [-0.1, -0.05) is 30.3 Å². The predicted octanol–water partition coefficient (Wildman–Crippen LogP) is 4.93. The fourth-order valence-corrected chi connectivity index (χ4v) is 4.33. The molecule has 1 atom stereocenters. The molecule has 4 rings (SSSR count). The number of amides is 1. The van der Waals surface area contributed by atoms with E-state index in [9.17, 15) is 13.4 Å². The van der Waals surface area contributed by atoms with Gasteiger partial charge in [0.1, 0.15) is 17.2 Å². The summed E-state index contributed by atoms with van der Waals surface area (Å²) >= 11 is 0. The maximum Gasteiger partial charge on any atom is 0.255 e. The van der Waals surface area contributed by atoms with Gasteiger partial charge in [-0.05, 0) is 42.9 Å². The van der Waals surface area contributed by atoms with Crippen LogP contribution in [0.4, 0.5) is 10.1 Å². The monoisotopic (exact) mass is 493 g/mol. The lowest BCUT2D eigenvalue weighted by atomic mass is 9.98. The zero-order chi connectivity index (χ0) is 25.1. The number of carbonyl (C=O) groups is 1. The first-order valence-electron chi connectivity index (χ1n) is 11.2. The number of furan rings is 1. The summed E-state index contributed by atoms with van der Waals surface area (Å²) in [4.78, 5) is 15.1. The Bertz CT molecular complexity index is 1370. The lowest BCUT2D eigenvalue weighted by Gasteiger charge is -2.25. The van der Waals surface area contributed by atoms with Crippen LogP contribution >= 0.6 is 0 Å². The summed E-state index contributed by atoms with van der Waals surface area (Å²) in [6.45, 7) is 1.24. The van der Waals surface area contributed by atoms with E-state index in [2.05, 4.69) is 10.2 Å². The number of rotatable bonds is 8. The highest BCUT2D eigenvalue weighted by Crippen LogP contribution is 2.40. The molecule has 0 aliphatic heterocycles. The van der Waals surface area contributed by atoms with Gasteiger partial charge in [0.2, 0.25) is 0 Å². The zero-order valence-electron chi connectivity index (χ0n) is 20.2. The van der Waals surface area contributed by atoms with E-state index in [1.807, 2.05) is 56.6 Å². The summed E-state index contributed by atoms with van der Waals surface area (Å²) in [6.07, 6.45) is 1.65. The van der Waals surface area contributed by atoms with Gasteiger partial charge in [0, 0.05) is 61.7 Å². The van der Waals surface area contributed by atoms with Crippen LogP contribution in [0.15, 0.2) is 71.1 Å². The minimum absolute atomic E-state index is 0.282. The molecule has 1 N–H and O–H groups in total. The van der Waals surface area contributed by atoms with Crippen molar-refractivity contribution in [3.63, 3.8) is 0 Å². The molecule has 1 aromatic heterocycles. The van der Waals surface area contributed by atoms with E-state index in [1.54, 1.807) is 29.7 Å². The number of fused-ring (bicyclic) bond motifs is 1. The minimum atomic E-state index is -1.06. The Hall–Kier alpha value is -3.49. The molecule has 3 aromatic carbocycles. The number of anilines is 1. The Labute approximate surface area is 206 Å². The maximum absolute atomic E-state index is 13.6. The van der Waals surface area contributed by atoms with Crippen LogP contribution in [-0.2, 0) is 11.0 Å². The Balaban J connectivity index is 1.91. The summed E-state index contributed by atoms with van der Waals surface area (Å²) in [6, 6.07) is 19.7. The van der Waals surface area contributed by atoms with Gasteiger partial charge >= 0.3 is 0 Å². The molecular formula is C27H28FN3O3S. The summed E-state index contributed by atoms with van der Waals surface area (Å²) in [7, 11) is 4.31. The van der Waals surface area contributed by atoms with E-state index in [4.69, 9.17) is 4.42 Å². The molecule has 6 nitrogen and oxygen atoms in total. The highest BCUT2D eigenvalue weighted by atomic mass is 32.2. The predicted molar refractivity (Wildman–Crippen MR) is 140 cm³/mol. The number of carbonyl (C=O) groups excluding carboxylic acids is 1. The third-order valence-corrected chi connectivity index (χ3v) is 7.11. The highest BCUT2D eigenvalue weighted by molar-refractivity contribution is 7.81. The molecule has 0 bridgehead atoms. The second-order valence-electron chi connectivity index (χ2n) is 8.32. The van der Waals surface area contributed by atoms with Crippen molar-refractivity contribution < 1.29 is 17.8 Å². The first-order chi connectivity index (χ1) is 16.8. The van der Waals surface area contributed by atoms with Crippen molar-refractivity contribution in [3.8, 4) is 22.5 Å². The molecule has 182 valence electrons. The summed E-state index contributed by atoms with van der Waals surface area (Å²) in [5.74, 6) is -0.255. The number of halogens is 1. The lowest BCUT2D eigenvalue weighted by Crippen LogP contribution is -2.31. The lowest BCUT2D eigenvalue weighted by molar-refractivity contribution is 0.0964. The molecule has 1 heterocycles. The third kappa shape index (κ3) is 5.13. The number of likely N-dealkylation sites (N-methyl/N-ethyl adjacent to an activating group) is 2. The first-order valence-corrected chi connectivity index (χ1v) is 12.7. The molecule has 1 amide bonds. The van der Waals surface area contributed by atoms with Crippen molar-refractivity contribution in [2.45, 2.75) is 0 Å². The molecule has 0 radical (unpaired) electrons. The van der Waals surface area contributed by atoms with Gasteiger partial charge in [-0.2, -0.15) is 0 Å². The van der Waals surface area contributed by atoms with Crippen molar-refractivity contribution >= 4 is 33.5 Å². The summed E-state index contributed by atoms with van der Waals surface area (Å²) in [5.41, 5.74) is 4.43. The summed E-state index contributed by atoms with van der Waals surface area (Å²) in [5, 5.41) is 3.38. The smallest absolute Gasteiger partial charge is 0.255 e. The summed E-state index contributed by atoms with van der Waals surface area (Å²) < 4.78 is 33.3. The molecular weight excluding hydrogens is 465 g/mol. The number of nitrogens with one attached hydrogen (secondary N) is 1. The fourth-order valence-electron chi connectivity index (χ4n) is 3.99. The van der Waals surface area contributed by atoms with E-state index in [-0.39, 0.29) is 11.7 Å². The van der Waals surface area contributed by atoms with Gasteiger partial charge < -0.3 is 14.6 Å². The number of benzene rings is 3. The molecule has 0 saturated heterocycles. The van der Waals surface area contributed by atoms with Crippen LogP contribution < -0.4 is 10.2 Å². The highest BCUT2D eigenvalue weighted by Gasteiger charge is 2.24. The molecule has 4 aromatic rings. The Morgan fingerprint density at radius 3 is 2.31 bits per heavy atom. The molecule has 8 heteroatoms. The van der Waals surface area contributed by atoms with Crippen LogP contribution in [-0.4, -0.2) is 54.9 Å². The van der Waals surface area contributed by atoms with Gasteiger partial charge in [-0.15, -0.1) is 0 Å². The molecule has 0 spiro atoms. The van der Waals surface area contributed by atoms with Crippen LogP contribution in [0.1, 0.15) is 10.4 Å². The van der Waals surface area contributed by atoms with Crippen molar-refractivity contribution in [2.75, 3.05) is 45.4 Å². The quantitative estimate of drug-likeness (QED) is 0.378. The first kappa shape index (κ1) is 24.6. The molecule has 0 aliphatic carbocycles. The SMILES string of the molecule is CNC(=O)c1c(-c2ccc(F)cc2)oc2cc(N(C)CCN(C)S(C)=O)c(-c3ccccc3)cc12. The van der Waals surface area contributed by atoms with Crippen LogP contribution in [0.25, 0.3) is 33.4 Å². The number of hydrogen-bond acceptors (Lipinski definition) is 4. The number of nitrogens with zero attached hydrogens (tertiary/aromatic N) is 2. The van der Waals surface area contributed by atoms with Crippen LogP contribution in [0.2, 0.25) is 0 Å². The Kier molecular flexibility index (Phi) is 7.33. The van der Waals surface area contributed by atoms with Crippen LogP contribution in [0.5, 0.6) is 0 Å². The van der Waals surface area contributed by atoms with Gasteiger partial charge in [0.25, 0.3) is 5.91 Å². The van der Waals surface area contributed by atoms with E-state index >= 15 is 0 Å². The zero-order valence-corrected chi connectivity index (χ0v) is 21.0. The van der Waals surface area contributed by atoms with Crippen LogP contribution in [0.3, 0.4) is 0 Å². The van der Waals surface area contributed by atoms with Crippen molar-refractivity contribution in [1.29, 1.82) is 0 Å². The average molecular weight is 494 g/mol. The van der Waals surface area contributed by atoms with Gasteiger partial charge in [-0.25, -0.2) is 12.9 Å². The van der Waals surface area contributed by atoms with Crippen molar-refractivity contribution in [3.05, 3.63) is 78.1 Å². The maximum atomic E-state index is 13.6. The van der Waals surface area contributed by atoms with E-state index < -0.39 is 11.0 Å². The van der Waals surface area contributed by atoms with Crippen molar-refractivity contribution in [2.24, 2.45) is 0 Å². The molecule has 0 saturated carbocycles. The van der Waals surface area contributed by atoms with Gasteiger partial charge in [-0.3, -0.25) is 4.79 Å². The van der Waals surface area contributed by atoms with Crippen LogP contribution in [0, 0.1) is 5.82 Å². The number of hydrogen-bond donors (Lipinski definition) is 1. The topological polar surface area (TPSA) is 65.8 Å². The van der Waals surface area contributed by atoms with Gasteiger partial charge in [0.15, 0.2) is 0 Å². The van der Waals surface area contributed by atoms with E-state index in [1.165, 1.54) is 12.1 Å². The second kappa shape index (κ2) is 10.4. The normalized spacial score (nSPS) is 12.2. The molecule has 0 aliphatic rings. The standard InChI is InChI=1S/C27H28FN3O3S/c1-29-27(32)25-22-16-21(18-8-6-5-7-9-18)23(30(2)14-15-31(3)35(4)33)17-24(22)34-26(25)19-10-12-20(28)13-11-19/h5-13,16-17H,14-15H2,1-4H3,(H,29,32). The molecule has 0 fully saturated rings. The Morgan fingerprint density at radius 2 is 1.69 bits per heavy atom. The molecule has 1 unspecified atom stereocenters. The largest absolute Gasteiger partial charge is 0.455 e. The minimum Gasteiger partial charge on any atom is -0.455 e. The molecule has 35 heavy (non-hydrogen) atoms. The average Bonchev–Trinajstić information content (AvgIpc) is 3.25. The second-order valence-corrected chi connectivity index (χ2v) is 9.79. The Morgan fingerprint density at radius 1 is 1.00 bits per heavy atom. The van der Waals surface area contributed by atoms with E-state index in [0.717, 1.165) is 16.8 Å². The fraction of sp³-hybridized carbons (Fsp3) is 0.222. The van der Waals surface area contributed by atoms with Crippen molar-refractivity contribution in [1.82, 2.24) is 9.62 Å². The van der Waals surface area contributed by atoms with Gasteiger partial charge in [0.05, 0.1) is 16.5 Å².